The van der Waals surface area contributed by atoms with E-state index in [0.29, 0.717) is 0 Å². The second-order valence-corrected chi connectivity index (χ2v) is 1.61. The summed E-state index contributed by atoms with van der Waals surface area (Å²) in [6, 6.07) is 0. The van der Waals surface area contributed by atoms with Gasteiger partial charge in [0.1, 0.15) is 0 Å². The van der Waals surface area contributed by atoms with Gasteiger partial charge in [0.25, 0.3) is 0 Å². The third-order valence-electron chi connectivity index (χ3n) is 0.189. The topological polar surface area (TPSA) is 40.1 Å². The fourth-order valence-corrected chi connectivity index (χ4v) is 0. The molecule has 1 atom stereocenters. The van der Waals surface area contributed by atoms with E-state index in [9.17, 15) is 13.2 Å². The van der Waals surface area contributed by atoms with E-state index in [1.165, 1.54) is 0 Å². The summed E-state index contributed by atoms with van der Waals surface area (Å²) in [5.41, 5.74) is -5.08. The predicted molar refractivity (Wildman–Crippen MR) is 15.0 cm³/mol. The molecule has 1 radical (unpaired) electrons. The van der Waals surface area contributed by atoms with Gasteiger partial charge in [-0.25, -0.2) is 0 Å². The minimum atomic E-state index is -5.08. The van der Waals surface area contributed by atoms with Crippen molar-refractivity contribution in [1.29, 1.82) is 0 Å². The van der Waals surface area contributed by atoms with E-state index in [4.69, 9.17) is 8.76 Å². The maximum Gasteiger partial charge on any atom is 0.458 e. The Morgan fingerprint density at radius 2 is 1.50 bits per heavy atom. The number of rotatable bonds is 0. The fourth-order valence-electron chi connectivity index (χ4n) is 0. The van der Waals surface area contributed by atoms with Gasteiger partial charge in [-0.2, -0.15) is 13.2 Å². The number of hydrogen-bond acceptors (Lipinski definition) is 2. The van der Waals surface area contributed by atoms with Gasteiger partial charge in [0, 0.05) is 19.5 Å². The molecule has 0 saturated heterocycles. The summed E-state index contributed by atoms with van der Waals surface area (Å²) in [6.07, 6.45) is 0. The van der Waals surface area contributed by atoms with Crippen LogP contribution in [0.3, 0.4) is 0 Å². The molecule has 1 unspecified atom stereocenters. The molecule has 0 aliphatic heterocycles. The molecule has 0 aromatic heterocycles. The molecule has 0 aromatic carbocycles. The molecule has 0 rings (SSSR count). The van der Waals surface area contributed by atoms with Crippen LogP contribution in [-0.4, -0.2) is 14.3 Å². The number of halogens is 3. The molecule has 0 amide bonds. The summed E-state index contributed by atoms with van der Waals surface area (Å²) < 4.78 is 49.5. The Hall–Kier alpha value is 0.523. The van der Waals surface area contributed by atoms with Gasteiger partial charge < -0.3 is 4.55 Å². The van der Waals surface area contributed by atoms with Crippen molar-refractivity contribution >= 4 is 11.1 Å². The van der Waals surface area contributed by atoms with Crippen molar-refractivity contribution in [1.82, 2.24) is 0 Å². The Morgan fingerprint density at radius 3 is 1.50 bits per heavy atom. The van der Waals surface area contributed by atoms with Crippen LogP contribution in [0.25, 0.3) is 0 Å². The summed E-state index contributed by atoms with van der Waals surface area (Å²) in [5.74, 6) is 0. The Labute approximate surface area is 58.5 Å². The molecule has 0 N–H and O–H groups in total. The average molecular weight is 236 g/mol. The third kappa shape index (κ3) is 4.68. The van der Waals surface area contributed by atoms with Crippen LogP contribution in [0, 0.1) is 0 Å². The summed E-state index contributed by atoms with van der Waals surface area (Å²) in [4.78, 5) is 0. The van der Waals surface area contributed by atoms with E-state index >= 15 is 0 Å². The Morgan fingerprint density at radius 1 is 1.38 bits per heavy atom. The number of hydrogen-bond donors (Lipinski definition) is 0. The van der Waals surface area contributed by atoms with Gasteiger partial charge in [0.15, 0.2) is 0 Å². The van der Waals surface area contributed by atoms with Crippen LogP contribution in [0.1, 0.15) is 0 Å². The van der Waals surface area contributed by atoms with Gasteiger partial charge in [-0.15, -0.1) is 0 Å². The summed E-state index contributed by atoms with van der Waals surface area (Å²) in [5, 5.41) is 0. The first-order chi connectivity index (χ1) is 2.94. The molecule has 7 heteroatoms. The summed E-state index contributed by atoms with van der Waals surface area (Å²) in [7, 11) is 0. The van der Waals surface area contributed by atoms with E-state index in [2.05, 4.69) is 0 Å². The first kappa shape index (κ1) is 11.3. The Bertz CT molecular complexity index is 89.8. The Kier molecular flexibility index (Phi) is 5.00. The molecule has 2 nitrogen and oxygen atoms in total. The van der Waals surface area contributed by atoms with Crippen molar-refractivity contribution < 1.29 is 41.4 Å². The van der Waals surface area contributed by atoms with Crippen LogP contribution < -0.4 is 0 Å². The summed E-state index contributed by atoms with van der Waals surface area (Å²) >= 11 is -3.93. The second-order valence-electron chi connectivity index (χ2n) is 0.680. The zero-order valence-corrected chi connectivity index (χ0v) is 5.65. The van der Waals surface area contributed by atoms with Gasteiger partial charge in [-0.1, -0.05) is 0 Å². The second kappa shape index (κ2) is 3.53. The Balaban J connectivity index is 0. The van der Waals surface area contributed by atoms with Gasteiger partial charge >= 0.3 is 5.51 Å². The van der Waals surface area contributed by atoms with E-state index in [0.717, 1.165) is 0 Å². The van der Waals surface area contributed by atoms with Crippen molar-refractivity contribution in [2.24, 2.45) is 0 Å². The van der Waals surface area contributed by atoms with E-state index in [-0.39, 0.29) is 19.5 Å². The van der Waals surface area contributed by atoms with Crippen molar-refractivity contribution in [2.75, 3.05) is 0 Å². The van der Waals surface area contributed by atoms with E-state index < -0.39 is 16.6 Å². The molecule has 0 spiro atoms. The molecule has 0 fully saturated rings. The molecular weight excluding hydrogens is 236 g/mol. The van der Waals surface area contributed by atoms with Gasteiger partial charge in [0.2, 0.25) is 0 Å². The predicted octanol–water partition coefficient (Wildman–Crippen LogP) is 0.383. The van der Waals surface area contributed by atoms with Gasteiger partial charge in [0.05, 0.1) is 11.1 Å². The number of alkyl halides is 3. The van der Waals surface area contributed by atoms with E-state index in [1.807, 2.05) is 0 Å². The van der Waals surface area contributed by atoms with Crippen LogP contribution in [0.4, 0.5) is 13.2 Å². The van der Waals surface area contributed by atoms with Crippen LogP contribution >= 0.6 is 0 Å². The van der Waals surface area contributed by atoms with Crippen LogP contribution in [0.15, 0.2) is 0 Å². The minimum Gasteiger partial charge on any atom is -0.766 e. The maximum absolute atomic E-state index is 10.6. The molecule has 0 bridgehead atoms. The third-order valence-corrected chi connectivity index (χ3v) is 0.567. The molecule has 0 aromatic rings. The van der Waals surface area contributed by atoms with Crippen molar-refractivity contribution in [3.63, 3.8) is 0 Å². The van der Waals surface area contributed by atoms with Crippen LogP contribution in [-0.2, 0) is 30.6 Å². The molecule has 8 heavy (non-hydrogen) atoms. The molecule has 0 aliphatic rings. The fraction of sp³-hybridized carbons (Fsp3) is 1.00. The molecule has 0 heterocycles. The smallest absolute Gasteiger partial charge is 0.458 e. The molecule has 53 valence electrons. The first-order valence-corrected chi connectivity index (χ1v) is 2.18. The van der Waals surface area contributed by atoms with Crippen molar-refractivity contribution in [3.05, 3.63) is 0 Å². The minimum absolute atomic E-state index is 0. The van der Waals surface area contributed by atoms with Crippen LogP contribution in [0.5, 0.6) is 0 Å². The standard InChI is InChI=1S/CHF3O2S.Rh/c2-1(3,4)7(5)6;/h(H,5,6);/p-1. The average Bonchev–Trinajstić information content (AvgIpc) is 1.31. The van der Waals surface area contributed by atoms with Crippen molar-refractivity contribution in [3.8, 4) is 0 Å². The quantitative estimate of drug-likeness (QED) is 0.450. The van der Waals surface area contributed by atoms with Crippen molar-refractivity contribution in [2.45, 2.75) is 5.51 Å². The SMILES string of the molecule is O=S([O-])C(F)(F)F.[Rh]. The van der Waals surface area contributed by atoms with Crippen LogP contribution in [0.2, 0.25) is 0 Å². The van der Waals surface area contributed by atoms with E-state index in [1.54, 1.807) is 0 Å². The molecule has 0 saturated carbocycles. The largest absolute Gasteiger partial charge is 0.766 e. The molecular formula is CF3O2RhS-. The monoisotopic (exact) mass is 236 g/mol. The zero-order chi connectivity index (χ0) is 6.08. The van der Waals surface area contributed by atoms with Gasteiger partial charge in [-0.05, 0) is 0 Å². The maximum atomic E-state index is 10.6. The van der Waals surface area contributed by atoms with Gasteiger partial charge in [-0.3, -0.25) is 4.21 Å². The zero-order valence-electron chi connectivity index (χ0n) is 3.19. The summed E-state index contributed by atoms with van der Waals surface area (Å²) in [6.45, 7) is 0. The first-order valence-electron chi connectivity index (χ1n) is 1.10. The normalized spacial score (nSPS) is 14.5. The molecule has 0 aliphatic carbocycles.